The largest absolute Gasteiger partial charge is 0.376 e. The molecule has 0 heterocycles. The van der Waals surface area contributed by atoms with E-state index in [-0.39, 0.29) is 10.6 Å². The van der Waals surface area contributed by atoms with E-state index in [1.165, 1.54) is 19.3 Å². The summed E-state index contributed by atoms with van der Waals surface area (Å²) < 4.78 is 0.893. The Kier molecular flexibility index (Phi) is 5.23. The van der Waals surface area contributed by atoms with Gasteiger partial charge in [-0.15, -0.1) is 0 Å². The molecule has 20 heavy (non-hydrogen) atoms. The van der Waals surface area contributed by atoms with E-state index in [9.17, 15) is 10.1 Å². The molecule has 1 aliphatic carbocycles. The molecular weight excluding hydrogens is 367 g/mol. The van der Waals surface area contributed by atoms with Crippen LogP contribution >= 0.6 is 22.6 Å². The fraction of sp³-hybridized carbons (Fsp3) is 0.600. The number of nitro groups is 1. The van der Waals surface area contributed by atoms with Gasteiger partial charge >= 0.3 is 0 Å². The third kappa shape index (κ3) is 3.62. The van der Waals surface area contributed by atoms with Crippen molar-refractivity contribution < 1.29 is 4.92 Å². The minimum absolute atomic E-state index is 0.185. The van der Waals surface area contributed by atoms with E-state index in [4.69, 9.17) is 0 Å². The molecule has 1 aromatic rings. The van der Waals surface area contributed by atoms with Gasteiger partial charge in [0.1, 0.15) is 5.69 Å². The van der Waals surface area contributed by atoms with Crippen molar-refractivity contribution in [3.05, 3.63) is 31.9 Å². The fourth-order valence-electron chi connectivity index (χ4n) is 3.11. The van der Waals surface area contributed by atoms with Crippen LogP contribution < -0.4 is 5.32 Å². The van der Waals surface area contributed by atoms with E-state index in [2.05, 4.69) is 41.8 Å². The highest BCUT2D eigenvalue weighted by Gasteiger charge is 2.29. The van der Waals surface area contributed by atoms with Gasteiger partial charge in [-0.25, -0.2) is 0 Å². The number of nitrogens with zero attached hydrogens (tertiary/aromatic N) is 1. The third-order valence-corrected chi connectivity index (χ3v) is 4.84. The van der Waals surface area contributed by atoms with E-state index in [1.54, 1.807) is 6.07 Å². The van der Waals surface area contributed by atoms with E-state index >= 15 is 0 Å². The second kappa shape index (κ2) is 6.74. The van der Waals surface area contributed by atoms with Gasteiger partial charge < -0.3 is 5.32 Å². The lowest BCUT2D eigenvalue weighted by atomic mass is 9.78. The maximum absolute atomic E-state index is 11.2. The number of nitro benzene ring substituents is 1. The van der Waals surface area contributed by atoms with Crippen molar-refractivity contribution in [3.63, 3.8) is 0 Å². The second-order valence-electron chi connectivity index (χ2n) is 5.86. The molecule has 4 nitrogen and oxygen atoms in total. The van der Waals surface area contributed by atoms with Gasteiger partial charge in [-0.05, 0) is 59.4 Å². The van der Waals surface area contributed by atoms with Crippen LogP contribution in [0.25, 0.3) is 0 Å². The molecule has 0 spiro atoms. The molecule has 1 N–H and O–H groups in total. The summed E-state index contributed by atoms with van der Waals surface area (Å²) in [4.78, 5) is 10.9. The zero-order chi connectivity index (χ0) is 14.7. The molecule has 0 aromatic heterocycles. The maximum Gasteiger partial charge on any atom is 0.293 e. The molecule has 0 bridgehead atoms. The normalized spacial score (nSPS) is 22.8. The van der Waals surface area contributed by atoms with E-state index in [0.29, 0.717) is 23.6 Å². The molecule has 1 aliphatic rings. The second-order valence-corrected chi connectivity index (χ2v) is 7.11. The Labute approximate surface area is 133 Å². The summed E-state index contributed by atoms with van der Waals surface area (Å²) in [6.45, 7) is 4.49. The van der Waals surface area contributed by atoms with Crippen LogP contribution in [-0.4, -0.2) is 11.0 Å². The molecule has 5 heteroatoms. The minimum Gasteiger partial charge on any atom is -0.376 e. The highest BCUT2D eigenvalue weighted by atomic mass is 127. The Balaban J connectivity index is 2.22. The molecule has 2 unspecified atom stereocenters. The Morgan fingerprint density at radius 1 is 1.35 bits per heavy atom. The van der Waals surface area contributed by atoms with Crippen LogP contribution in [0.5, 0.6) is 0 Å². The van der Waals surface area contributed by atoms with Crippen molar-refractivity contribution in [1.82, 2.24) is 0 Å². The Hall–Kier alpha value is -0.850. The van der Waals surface area contributed by atoms with Crippen molar-refractivity contribution in [2.24, 2.45) is 11.8 Å². The summed E-state index contributed by atoms with van der Waals surface area (Å²) in [5.41, 5.74) is 0.845. The minimum atomic E-state index is -0.294. The van der Waals surface area contributed by atoms with Gasteiger partial charge in [-0.3, -0.25) is 10.1 Å². The molecule has 110 valence electrons. The van der Waals surface area contributed by atoms with Crippen molar-refractivity contribution in [1.29, 1.82) is 0 Å². The van der Waals surface area contributed by atoms with Gasteiger partial charge in [0, 0.05) is 15.7 Å². The molecule has 0 radical (unpaired) electrons. The highest BCUT2D eigenvalue weighted by molar-refractivity contribution is 14.1. The van der Waals surface area contributed by atoms with E-state index < -0.39 is 0 Å². The number of hydrogen-bond acceptors (Lipinski definition) is 3. The van der Waals surface area contributed by atoms with Gasteiger partial charge in [-0.2, -0.15) is 0 Å². The lowest BCUT2D eigenvalue weighted by Gasteiger charge is -2.35. The van der Waals surface area contributed by atoms with Crippen LogP contribution in [0.2, 0.25) is 0 Å². The molecular formula is C15H21IN2O2. The summed E-state index contributed by atoms with van der Waals surface area (Å²) in [7, 11) is 0. The first-order valence-corrected chi connectivity index (χ1v) is 8.27. The van der Waals surface area contributed by atoms with Crippen molar-refractivity contribution >= 4 is 34.0 Å². The zero-order valence-electron chi connectivity index (χ0n) is 11.9. The monoisotopic (exact) mass is 388 g/mol. The molecule has 0 saturated heterocycles. The number of halogens is 1. The third-order valence-electron chi connectivity index (χ3n) is 4.17. The van der Waals surface area contributed by atoms with Gasteiger partial charge in [0.15, 0.2) is 0 Å². The first kappa shape index (κ1) is 15.5. The van der Waals surface area contributed by atoms with Crippen LogP contribution in [0.3, 0.4) is 0 Å². The zero-order valence-corrected chi connectivity index (χ0v) is 14.1. The van der Waals surface area contributed by atoms with Crippen molar-refractivity contribution in [2.75, 3.05) is 5.32 Å². The molecule has 0 amide bonds. The topological polar surface area (TPSA) is 55.2 Å². The predicted octanol–water partition coefficient (Wildman–Crippen LogP) is 4.83. The standard InChI is InChI=1S/C15H21IN2O2/c1-10(2)12-5-3-4-6-13(12)17-14-8-7-11(16)9-15(14)18(19)20/h7-10,12-13,17H,3-6H2,1-2H3. The Bertz CT molecular complexity index is 491. The molecule has 1 aromatic carbocycles. The lowest BCUT2D eigenvalue weighted by molar-refractivity contribution is -0.384. The Morgan fingerprint density at radius 3 is 2.70 bits per heavy atom. The SMILES string of the molecule is CC(C)C1CCCCC1Nc1ccc(I)cc1[N+](=O)[O-]. The highest BCUT2D eigenvalue weighted by Crippen LogP contribution is 2.35. The van der Waals surface area contributed by atoms with E-state index in [1.807, 2.05) is 12.1 Å². The number of anilines is 1. The molecule has 1 saturated carbocycles. The quantitative estimate of drug-likeness (QED) is 0.457. The molecule has 1 fully saturated rings. The van der Waals surface area contributed by atoms with Gasteiger partial charge in [0.2, 0.25) is 0 Å². The van der Waals surface area contributed by atoms with Crippen LogP contribution in [0.4, 0.5) is 11.4 Å². The van der Waals surface area contributed by atoms with Crippen LogP contribution in [0.15, 0.2) is 18.2 Å². The van der Waals surface area contributed by atoms with Gasteiger partial charge in [-0.1, -0.05) is 26.7 Å². The Morgan fingerprint density at radius 2 is 2.05 bits per heavy atom. The van der Waals surface area contributed by atoms with Crippen molar-refractivity contribution in [2.45, 2.75) is 45.6 Å². The summed E-state index contributed by atoms with van der Waals surface area (Å²) in [5.74, 6) is 1.21. The summed E-state index contributed by atoms with van der Waals surface area (Å²) in [5, 5.41) is 14.6. The lowest BCUT2D eigenvalue weighted by Crippen LogP contribution is -2.35. The van der Waals surface area contributed by atoms with Crippen LogP contribution in [0.1, 0.15) is 39.5 Å². The number of benzene rings is 1. The molecule has 0 aliphatic heterocycles. The van der Waals surface area contributed by atoms with Crippen LogP contribution in [-0.2, 0) is 0 Å². The van der Waals surface area contributed by atoms with Crippen LogP contribution in [0, 0.1) is 25.5 Å². The summed E-state index contributed by atoms with van der Waals surface area (Å²) in [6.07, 6.45) is 4.80. The van der Waals surface area contributed by atoms with Gasteiger partial charge in [0.05, 0.1) is 4.92 Å². The molecule has 2 rings (SSSR count). The number of hydrogen-bond donors (Lipinski definition) is 1. The first-order valence-electron chi connectivity index (χ1n) is 7.19. The fourth-order valence-corrected chi connectivity index (χ4v) is 3.59. The smallest absolute Gasteiger partial charge is 0.293 e. The number of nitrogens with one attached hydrogen (secondary N) is 1. The first-order chi connectivity index (χ1) is 9.49. The summed E-state index contributed by atoms with van der Waals surface area (Å²) in [6, 6.07) is 5.74. The summed E-state index contributed by atoms with van der Waals surface area (Å²) >= 11 is 2.11. The average molecular weight is 388 g/mol. The maximum atomic E-state index is 11.2. The van der Waals surface area contributed by atoms with Gasteiger partial charge in [0.25, 0.3) is 5.69 Å². The predicted molar refractivity (Wildman–Crippen MR) is 90.0 cm³/mol. The number of rotatable bonds is 4. The van der Waals surface area contributed by atoms with E-state index in [0.717, 1.165) is 9.99 Å². The molecule has 2 atom stereocenters. The van der Waals surface area contributed by atoms with Crippen molar-refractivity contribution in [3.8, 4) is 0 Å². The average Bonchev–Trinajstić information content (AvgIpc) is 2.41.